The Morgan fingerprint density at radius 1 is 0.364 bits per heavy atom. The summed E-state index contributed by atoms with van der Waals surface area (Å²) in [4.78, 5) is 4.73. The molecule has 0 fully saturated rings. The quantitative estimate of drug-likeness (QED) is 0.106. The lowest BCUT2D eigenvalue weighted by Gasteiger charge is -2.30. The lowest BCUT2D eigenvalue weighted by Crippen LogP contribution is -2.15. The maximum Gasteiger partial charge on any atom is 0.0619 e. The van der Waals surface area contributed by atoms with E-state index in [0.717, 1.165) is 56.2 Å². The molecular formula is C62H48N4. The Bertz CT molecular complexity index is 3610. The lowest BCUT2D eigenvalue weighted by molar-refractivity contribution is 1.16. The number of anilines is 6. The summed E-state index contributed by atoms with van der Waals surface area (Å²) in [5.41, 5.74) is 12.1. The third-order valence-electron chi connectivity index (χ3n) is 12.5. The van der Waals surface area contributed by atoms with Crippen LogP contribution in [0.25, 0.3) is 71.5 Å². The average molecular weight is 849 g/mol. The second-order valence-electron chi connectivity index (χ2n) is 16.2. The Hall–Kier alpha value is -8.60. The molecule has 0 saturated carbocycles. The first-order valence-electron chi connectivity index (χ1n) is 22.8. The van der Waals surface area contributed by atoms with Gasteiger partial charge in [0.05, 0.1) is 44.5 Å². The number of nitrogens with zero attached hydrogens (tertiary/aromatic N) is 4. The molecule has 66 heavy (non-hydrogen) atoms. The minimum atomic E-state index is 1.04. The van der Waals surface area contributed by atoms with Gasteiger partial charge in [-0.25, -0.2) is 0 Å². The van der Waals surface area contributed by atoms with Gasteiger partial charge < -0.3 is 18.8 Å². The van der Waals surface area contributed by atoms with Crippen molar-refractivity contribution >= 4 is 100.0 Å². The van der Waals surface area contributed by atoms with Crippen molar-refractivity contribution < 1.29 is 0 Å². The molecule has 0 atom stereocenters. The molecule has 9 aromatic carbocycles. The maximum atomic E-state index is 4.00. The van der Waals surface area contributed by atoms with E-state index in [0.29, 0.717) is 0 Å². The van der Waals surface area contributed by atoms with Gasteiger partial charge in [0.15, 0.2) is 0 Å². The summed E-state index contributed by atoms with van der Waals surface area (Å²) in [6, 6.07) is 79.0. The summed E-state index contributed by atoms with van der Waals surface area (Å²) in [5, 5.41) is 9.67. The smallest absolute Gasteiger partial charge is 0.0619 e. The van der Waals surface area contributed by atoms with Crippen LogP contribution in [0.1, 0.15) is 13.8 Å². The van der Waals surface area contributed by atoms with Gasteiger partial charge in [0.25, 0.3) is 0 Å². The molecular weight excluding hydrogens is 801 g/mol. The molecule has 0 radical (unpaired) electrons. The predicted octanol–water partition coefficient (Wildman–Crippen LogP) is 16.7. The molecule has 4 heteroatoms. The molecule has 12 aromatic rings. The van der Waals surface area contributed by atoms with Crippen molar-refractivity contribution in [2.75, 3.05) is 9.80 Å². The molecule has 3 aromatic heterocycles. The zero-order valence-corrected chi connectivity index (χ0v) is 37.1. The molecule has 0 amide bonds. The van der Waals surface area contributed by atoms with Crippen molar-refractivity contribution in [3.05, 3.63) is 249 Å². The number of hydrogen-bond acceptors (Lipinski definition) is 2. The Morgan fingerprint density at radius 2 is 0.818 bits per heavy atom. The average Bonchev–Trinajstić information content (AvgIpc) is 3.90. The molecule has 0 aliphatic rings. The van der Waals surface area contributed by atoms with Gasteiger partial charge in [-0.3, -0.25) is 0 Å². The van der Waals surface area contributed by atoms with Gasteiger partial charge in [0.2, 0.25) is 0 Å². The molecule has 316 valence electrons. The number of benzene rings is 9. The van der Waals surface area contributed by atoms with Gasteiger partial charge in [-0.1, -0.05) is 166 Å². The van der Waals surface area contributed by atoms with Gasteiger partial charge in [0, 0.05) is 55.1 Å². The predicted molar refractivity (Wildman–Crippen MR) is 284 cm³/mol. The number of pyridine rings is 1. The summed E-state index contributed by atoms with van der Waals surface area (Å²) >= 11 is 0. The molecule has 0 N–H and O–H groups in total. The number of fused-ring (bicyclic) bond motifs is 8. The van der Waals surface area contributed by atoms with E-state index in [-0.39, 0.29) is 0 Å². The van der Waals surface area contributed by atoms with Crippen LogP contribution in [0.5, 0.6) is 0 Å². The third kappa shape index (κ3) is 6.70. The van der Waals surface area contributed by atoms with E-state index in [2.05, 4.69) is 256 Å². The monoisotopic (exact) mass is 848 g/mol. The normalized spacial score (nSPS) is 11.9. The van der Waals surface area contributed by atoms with Crippen molar-refractivity contribution in [3.63, 3.8) is 0 Å². The van der Waals surface area contributed by atoms with Gasteiger partial charge in [-0.15, -0.1) is 0 Å². The van der Waals surface area contributed by atoms with Crippen LogP contribution in [0.15, 0.2) is 243 Å². The van der Waals surface area contributed by atoms with Crippen LogP contribution in [-0.2, 0) is 0 Å². The topological polar surface area (TPSA) is 15.8 Å². The minimum absolute atomic E-state index is 1.04. The fraction of sp³-hybridized carbons (Fsp3) is 0.0323. The van der Waals surface area contributed by atoms with E-state index in [1.54, 1.807) is 0 Å². The van der Waals surface area contributed by atoms with Gasteiger partial charge in [-0.05, 0) is 102 Å². The molecule has 0 aliphatic heterocycles. The number of rotatable bonds is 9. The van der Waals surface area contributed by atoms with Crippen molar-refractivity contribution in [1.82, 2.24) is 8.97 Å². The molecule has 0 aliphatic carbocycles. The number of aromatic nitrogens is 2. The van der Waals surface area contributed by atoms with Crippen LogP contribution in [0, 0.1) is 0 Å². The summed E-state index contributed by atoms with van der Waals surface area (Å²) in [5.74, 6) is 0. The zero-order valence-electron chi connectivity index (χ0n) is 37.1. The third-order valence-corrected chi connectivity index (χ3v) is 12.5. The molecule has 0 saturated heterocycles. The van der Waals surface area contributed by atoms with E-state index in [4.69, 9.17) is 0 Å². The summed E-state index contributed by atoms with van der Waals surface area (Å²) < 4.78 is 4.93. The van der Waals surface area contributed by atoms with E-state index in [9.17, 15) is 0 Å². The molecule has 0 unspecified atom stereocenters. The second-order valence-corrected chi connectivity index (χ2v) is 16.2. The highest BCUT2D eigenvalue weighted by Gasteiger charge is 2.23. The van der Waals surface area contributed by atoms with Gasteiger partial charge >= 0.3 is 0 Å². The Kier molecular flexibility index (Phi) is 10.5. The van der Waals surface area contributed by atoms with E-state index in [1.165, 1.54) is 48.7 Å². The van der Waals surface area contributed by atoms with Crippen LogP contribution >= 0.6 is 0 Å². The van der Waals surface area contributed by atoms with Crippen LogP contribution in [0.3, 0.4) is 0 Å². The van der Waals surface area contributed by atoms with Crippen LogP contribution in [0.2, 0.25) is 0 Å². The van der Waals surface area contributed by atoms with Crippen molar-refractivity contribution in [2.24, 2.45) is 0 Å². The molecule has 0 bridgehead atoms. The highest BCUT2D eigenvalue weighted by molar-refractivity contribution is 6.23. The highest BCUT2D eigenvalue weighted by atomic mass is 15.2. The first kappa shape index (κ1) is 40.2. The van der Waals surface area contributed by atoms with Gasteiger partial charge in [-0.2, -0.15) is 0 Å². The van der Waals surface area contributed by atoms with Crippen molar-refractivity contribution in [1.29, 1.82) is 0 Å². The van der Waals surface area contributed by atoms with Crippen molar-refractivity contribution in [3.8, 4) is 5.69 Å². The fourth-order valence-corrected chi connectivity index (χ4v) is 9.89. The van der Waals surface area contributed by atoms with E-state index < -0.39 is 0 Å². The number of allylic oxidation sites excluding steroid dienone is 3. The molecule has 3 heterocycles. The second kappa shape index (κ2) is 17.2. The Labute approximate surface area is 385 Å². The van der Waals surface area contributed by atoms with Crippen LogP contribution in [0.4, 0.5) is 34.1 Å². The largest absolute Gasteiger partial charge is 0.310 e. The SMILES string of the molecule is C=C/C=C\C=c1\c2cc3c(cc2c2cccc4c5ccccc5n1c24)c1ccccc1n3-c1cc(N(c2ccccc2)c2ccccc2)cc(N(c2ccccc2)c2ccccc2)c1.CC. The number of hydrogen-bond donors (Lipinski definition) is 0. The lowest BCUT2D eigenvalue weighted by atomic mass is 10.0. The van der Waals surface area contributed by atoms with Crippen LogP contribution in [-0.4, -0.2) is 8.97 Å². The van der Waals surface area contributed by atoms with Crippen LogP contribution < -0.4 is 15.1 Å². The Morgan fingerprint density at radius 3 is 1.35 bits per heavy atom. The molecule has 12 rings (SSSR count). The zero-order chi connectivity index (χ0) is 44.6. The first-order valence-corrected chi connectivity index (χ1v) is 22.8. The maximum absolute atomic E-state index is 4.00. The summed E-state index contributed by atoms with van der Waals surface area (Å²) in [6.07, 6.45) is 8.20. The fourth-order valence-electron chi connectivity index (χ4n) is 9.89. The minimum Gasteiger partial charge on any atom is -0.310 e. The first-order chi connectivity index (χ1) is 32.7. The Balaban J connectivity index is 0.00000238. The van der Waals surface area contributed by atoms with Crippen molar-refractivity contribution in [2.45, 2.75) is 13.8 Å². The highest BCUT2D eigenvalue weighted by Crippen LogP contribution is 2.44. The van der Waals surface area contributed by atoms with E-state index in [1.807, 2.05) is 26.0 Å². The van der Waals surface area contributed by atoms with E-state index >= 15 is 0 Å². The summed E-state index contributed by atoms with van der Waals surface area (Å²) in [6.45, 7) is 8.00. The molecule has 4 nitrogen and oxygen atoms in total. The van der Waals surface area contributed by atoms with Gasteiger partial charge in [0.1, 0.15) is 0 Å². The summed E-state index contributed by atoms with van der Waals surface area (Å²) in [7, 11) is 0. The number of para-hydroxylation sites is 7. The standard InChI is InChI=1S/C60H42N4.C2H6/c1-2-3-8-34-58-55-41-59-54(40-53(55)52-33-21-32-51-49-30-17-20-36-57(49)64(58)60(51)52)50-31-18-19-35-56(50)63(59)48-38-46(61(42-22-9-4-10-23-42)43-24-11-5-12-25-43)37-47(39-48)62(44-26-13-6-14-27-44)45-28-15-7-16-29-45;1-2/h2-41H,1H2;1-2H3/b8-3-,58-34-;. The molecule has 0 spiro atoms.